The lowest BCUT2D eigenvalue weighted by Crippen LogP contribution is -1.94. The van der Waals surface area contributed by atoms with Crippen LogP contribution in [0.2, 0.25) is 0 Å². The number of fused-ring (bicyclic) bond motifs is 1. The second kappa shape index (κ2) is 5.69. The van der Waals surface area contributed by atoms with Gasteiger partial charge < -0.3 is 9.47 Å². The second-order valence-electron chi connectivity index (χ2n) is 4.62. The van der Waals surface area contributed by atoms with E-state index in [9.17, 15) is 14.9 Å². The third-order valence-corrected chi connectivity index (χ3v) is 3.17. The van der Waals surface area contributed by atoms with Crippen LogP contribution in [0.1, 0.15) is 15.9 Å². The number of benzene rings is 2. The van der Waals surface area contributed by atoms with Crippen molar-refractivity contribution in [1.29, 1.82) is 0 Å². The first-order valence-electron chi connectivity index (χ1n) is 6.50. The van der Waals surface area contributed by atoms with Crippen molar-refractivity contribution in [1.82, 2.24) is 0 Å². The van der Waals surface area contributed by atoms with Crippen LogP contribution in [0.15, 0.2) is 48.5 Å². The molecule has 0 atom stereocenters. The molecule has 1 aliphatic rings. The van der Waals surface area contributed by atoms with Gasteiger partial charge in [-0.3, -0.25) is 14.9 Å². The summed E-state index contributed by atoms with van der Waals surface area (Å²) in [6, 6.07) is 11.0. The second-order valence-corrected chi connectivity index (χ2v) is 4.62. The molecule has 110 valence electrons. The number of nitro groups is 1. The maximum Gasteiger partial charge on any atom is 0.270 e. The summed E-state index contributed by atoms with van der Waals surface area (Å²) in [5.41, 5.74) is 1.03. The molecule has 0 aromatic heterocycles. The number of carbonyl (C=O) groups excluding carboxylic acids is 1. The predicted molar refractivity (Wildman–Crippen MR) is 79.0 cm³/mol. The fraction of sp³-hybridized carbons (Fsp3) is 0.0625. The minimum Gasteiger partial charge on any atom is -0.454 e. The highest BCUT2D eigenvalue weighted by atomic mass is 16.7. The van der Waals surface area contributed by atoms with E-state index in [-0.39, 0.29) is 18.3 Å². The van der Waals surface area contributed by atoms with Crippen molar-refractivity contribution in [2.24, 2.45) is 0 Å². The molecule has 0 N–H and O–H groups in total. The molecule has 22 heavy (non-hydrogen) atoms. The quantitative estimate of drug-likeness (QED) is 0.375. The van der Waals surface area contributed by atoms with Crippen LogP contribution in [0.3, 0.4) is 0 Å². The van der Waals surface area contributed by atoms with Gasteiger partial charge in [-0.25, -0.2) is 0 Å². The first-order chi connectivity index (χ1) is 10.6. The van der Waals surface area contributed by atoms with E-state index < -0.39 is 4.92 Å². The maximum atomic E-state index is 12.1. The van der Waals surface area contributed by atoms with Crippen molar-refractivity contribution in [3.05, 3.63) is 69.8 Å². The Hall–Kier alpha value is -3.15. The zero-order valence-electron chi connectivity index (χ0n) is 11.4. The van der Waals surface area contributed by atoms with Crippen LogP contribution >= 0.6 is 0 Å². The van der Waals surface area contributed by atoms with Gasteiger partial charge in [-0.15, -0.1) is 0 Å². The molecule has 2 aromatic rings. The summed E-state index contributed by atoms with van der Waals surface area (Å²) in [5.74, 6) is 0.929. The number of hydrogen-bond acceptors (Lipinski definition) is 5. The molecule has 0 aliphatic carbocycles. The number of nitrogens with zero attached hydrogens (tertiary/aromatic N) is 1. The Kier molecular flexibility index (Phi) is 3.57. The molecule has 3 rings (SSSR count). The van der Waals surface area contributed by atoms with Crippen LogP contribution in [0.25, 0.3) is 6.08 Å². The summed E-state index contributed by atoms with van der Waals surface area (Å²) in [6.45, 7) is 0.149. The molecule has 0 amide bonds. The third-order valence-electron chi connectivity index (χ3n) is 3.17. The van der Waals surface area contributed by atoms with Gasteiger partial charge in [0.25, 0.3) is 5.69 Å². The molecule has 0 spiro atoms. The van der Waals surface area contributed by atoms with E-state index in [1.165, 1.54) is 18.2 Å². The monoisotopic (exact) mass is 297 g/mol. The molecule has 1 heterocycles. The standard InChI is InChI=1S/C16H11NO5/c18-14(12-5-7-15-16(9-12)22-10-21-15)6-4-11-2-1-3-13(8-11)17(19)20/h1-9H,10H2/b6-4-. The normalized spacial score (nSPS) is 12.5. The summed E-state index contributed by atoms with van der Waals surface area (Å²) in [4.78, 5) is 22.4. The first kappa shape index (κ1) is 13.8. The number of ketones is 1. The van der Waals surface area contributed by atoms with Crippen molar-refractivity contribution < 1.29 is 19.2 Å². The highest BCUT2D eigenvalue weighted by Gasteiger charge is 2.15. The van der Waals surface area contributed by atoms with Crippen LogP contribution in [-0.4, -0.2) is 17.5 Å². The molecule has 6 heteroatoms. The topological polar surface area (TPSA) is 78.7 Å². The number of nitro benzene ring substituents is 1. The molecule has 1 aliphatic heterocycles. The summed E-state index contributed by atoms with van der Waals surface area (Å²) >= 11 is 0. The molecule has 0 bridgehead atoms. The summed E-state index contributed by atoms with van der Waals surface area (Å²) < 4.78 is 10.4. The number of rotatable bonds is 4. The van der Waals surface area contributed by atoms with E-state index in [1.54, 1.807) is 36.4 Å². The van der Waals surface area contributed by atoms with Gasteiger partial charge in [0.05, 0.1) is 4.92 Å². The van der Waals surface area contributed by atoms with Gasteiger partial charge >= 0.3 is 0 Å². The van der Waals surface area contributed by atoms with Crippen LogP contribution in [0, 0.1) is 10.1 Å². The van der Waals surface area contributed by atoms with E-state index >= 15 is 0 Å². The SMILES string of the molecule is O=C(/C=C\c1cccc([N+](=O)[O-])c1)c1ccc2c(c1)OCO2. The van der Waals surface area contributed by atoms with E-state index in [1.807, 2.05) is 0 Å². The minimum absolute atomic E-state index is 0.0160. The lowest BCUT2D eigenvalue weighted by molar-refractivity contribution is -0.384. The van der Waals surface area contributed by atoms with Gasteiger partial charge in [-0.05, 0) is 29.8 Å². The number of carbonyl (C=O) groups is 1. The highest BCUT2D eigenvalue weighted by Crippen LogP contribution is 2.32. The lowest BCUT2D eigenvalue weighted by atomic mass is 10.1. The Morgan fingerprint density at radius 2 is 1.95 bits per heavy atom. The lowest BCUT2D eigenvalue weighted by Gasteiger charge is -1.99. The molecule has 0 radical (unpaired) electrons. The average molecular weight is 297 g/mol. The smallest absolute Gasteiger partial charge is 0.270 e. The fourth-order valence-electron chi connectivity index (χ4n) is 2.06. The number of hydrogen-bond donors (Lipinski definition) is 0. The number of ether oxygens (including phenoxy) is 2. The fourth-order valence-corrected chi connectivity index (χ4v) is 2.06. The molecular weight excluding hydrogens is 286 g/mol. The molecule has 0 fully saturated rings. The highest BCUT2D eigenvalue weighted by molar-refractivity contribution is 6.07. The van der Waals surface area contributed by atoms with Gasteiger partial charge in [0.15, 0.2) is 17.3 Å². The summed E-state index contributed by atoms with van der Waals surface area (Å²) in [7, 11) is 0. The molecule has 0 saturated heterocycles. The minimum atomic E-state index is -0.475. The Morgan fingerprint density at radius 3 is 2.77 bits per heavy atom. The van der Waals surface area contributed by atoms with Crippen molar-refractivity contribution in [3.8, 4) is 11.5 Å². The number of non-ortho nitro benzene ring substituents is 1. The largest absolute Gasteiger partial charge is 0.454 e. The molecule has 0 unspecified atom stereocenters. The number of allylic oxidation sites excluding steroid dienone is 1. The molecule has 0 saturated carbocycles. The first-order valence-corrected chi connectivity index (χ1v) is 6.50. The Bertz CT molecular complexity index is 782. The van der Waals surface area contributed by atoms with Gasteiger partial charge in [0, 0.05) is 17.7 Å². The Morgan fingerprint density at radius 1 is 1.14 bits per heavy atom. The van der Waals surface area contributed by atoms with Crippen LogP contribution in [0.5, 0.6) is 11.5 Å². The van der Waals surface area contributed by atoms with E-state index in [0.29, 0.717) is 22.6 Å². The summed E-state index contributed by atoms with van der Waals surface area (Å²) in [6.07, 6.45) is 2.91. The van der Waals surface area contributed by atoms with Gasteiger partial charge in [0.2, 0.25) is 6.79 Å². The van der Waals surface area contributed by atoms with Crippen LogP contribution in [0.4, 0.5) is 5.69 Å². The molecular formula is C16H11NO5. The van der Waals surface area contributed by atoms with Crippen LogP contribution < -0.4 is 9.47 Å². The van der Waals surface area contributed by atoms with Crippen molar-refractivity contribution in [2.75, 3.05) is 6.79 Å². The Labute approximate surface area is 125 Å². The van der Waals surface area contributed by atoms with Gasteiger partial charge in [-0.2, -0.15) is 0 Å². The maximum absolute atomic E-state index is 12.1. The van der Waals surface area contributed by atoms with E-state index in [4.69, 9.17) is 9.47 Å². The zero-order valence-corrected chi connectivity index (χ0v) is 11.4. The van der Waals surface area contributed by atoms with Crippen LogP contribution in [-0.2, 0) is 0 Å². The van der Waals surface area contributed by atoms with Gasteiger partial charge in [-0.1, -0.05) is 18.2 Å². The van der Waals surface area contributed by atoms with E-state index in [2.05, 4.69) is 0 Å². The molecule has 6 nitrogen and oxygen atoms in total. The average Bonchev–Trinajstić information content (AvgIpc) is 3.00. The zero-order chi connectivity index (χ0) is 15.5. The van der Waals surface area contributed by atoms with E-state index in [0.717, 1.165) is 0 Å². The molecule has 2 aromatic carbocycles. The predicted octanol–water partition coefficient (Wildman–Crippen LogP) is 3.22. The third kappa shape index (κ3) is 2.80. The Balaban J connectivity index is 1.79. The van der Waals surface area contributed by atoms with Crippen molar-refractivity contribution in [3.63, 3.8) is 0 Å². The van der Waals surface area contributed by atoms with Crippen molar-refractivity contribution >= 4 is 17.5 Å². The summed E-state index contributed by atoms with van der Waals surface area (Å²) in [5, 5.41) is 10.7. The van der Waals surface area contributed by atoms with Crippen molar-refractivity contribution in [2.45, 2.75) is 0 Å². The van der Waals surface area contributed by atoms with Gasteiger partial charge in [0.1, 0.15) is 0 Å².